The van der Waals surface area contributed by atoms with Crippen LogP contribution in [0, 0.1) is 5.41 Å². The van der Waals surface area contributed by atoms with E-state index in [4.69, 9.17) is 9.47 Å². The molecule has 2 aromatic rings. The van der Waals surface area contributed by atoms with Gasteiger partial charge in [0, 0.05) is 18.2 Å². The van der Waals surface area contributed by atoms with Gasteiger partial charge in [-0.1, -0.05) is 12.1 Å². The van der Waals surface area contributed by atoms with Crippen LogP contribution in [0.5, 0.6) is 0 Å². The third kappa shape index (κ3) is 3.72. The molecule has 134 valence electrons. The predicted octanol–water partition coefficient (Wildman–Crippen LogP) is 0.942. The van der Waals surface area contributed by atoms with Crippen molar-refractivity contribution < 1.29 is 14.3 Å². The molecule has 0 aliphatic carbocycles. The third-order valence-electron chi connectivity index (χ3n) is 4.52. The van der Waals surface area contributed by atoms with E-state index in [1.807, 2.05) is 0 Å². The monoisotopic (exact) mass is 346 g/mol. The Balaban J connectivity index is 1.34. The molecule has 1 unspecified atom stereocenters. The molecule has 25 heavy (non-hydrogen) atoms. The molecule has 9 heteroatoms. The topological polar surface area (TPSA) is 96.1 Å². The summed E-state index contributed by atoms with van der Waals surface area (Å²) in [4.78, 5) is 12.3. The minimum absolute atomic E-state index is 0.0743. The normalized spacial score (nSPS) is 21.9. The number of hydrogen-bond donors (Lipinski definition) is 1. The van der Waals surface area contributed by atoms with E-state index >= 15 is 0 Å². The van der Waals surface area contributed by atoms with Crippen molar-refractivity contribution in [3.05, 3.63) is 24.3 Å². The molecule has 2 aliphatic rings. The van der Waals surface area contributed by atoms with Gasteiger partial charge in [-0.25, -0.2) is 0 Å². The lowest BCUT2D eigenvalue weighted by atomic mass is 9.89. The first-order valence-electron chi connectivity index (χ1n) is 8.53. The van der Waals surface area contributed by atoms with Crippen LogP contribution in [-0.4, -0.2) is 56.6 Å². The van der Waals surface area contributed by atoms with Gasteiger partial charge in [-0.15, -0.1) is 5.10 Å². The van der Waals surface area contributed by atoms with Crippen molar-refractivity contribution in [1.82, 2.24) is 24.8 Å². The molecule has 1 N–H and O–H groups in total. The van der Waals surface area contributed by atoms with Crippen molar-refractivity contribution in [3.8, 4) is 0 Å². The lowest BCUT2D eigenvalue weighted by molar-refractivity contribution is -0.111. The van der Waals surface area contributed by atoms with E-state index in [0.717, 1.165) is 19.4 Å². The summed E-state index contributed by atoms with van der Waals surface area (Å²) in [7, 11) is 0. The molecule has 0 radical (unpaired) electrons. The van der Waals surface area contributed by atoms with Gasteiger partial charge >= 0.3 is 0 Å². The predicted molar refractivity (Wildman–Crippen MR) is 88.1 cm³/mol. The minimum Gasteiger partial charge on any atom is -0.380 e. The van der Waals surface area contributed by atoms with Gasteiger partial charge in [0.05, 0.1) is 50.5 Å². The maximum atomic E-state index is 12.3. The molecule has 4 heterocycles. The van der Waals surface area contributed by atoms with Crippen LogP contribution in [0.15, 0.2) is 18.6 Å². The zero-order chi connectivity index (χ0) is 17.3. The van der Waals surface area contributed by atoms with Gasteiger partial charge in [0.1, 0.15) is 0 Å². The molecule has 0 bridgehead atoms. The Morgan fingerprint density at radius 2 is 2.28 bits per heavy atom. The van der Waals surface area contributed by atoms with Gasteiger partial charge < -0.3 is 14.8 Å². The second kappa shape index (κ2) is 6.57. The van der Waals surface area contributed by atoms with Gasteiger partial charge in [0.2, 0.25) is 0 Å². The molecule has 0 saturated carbocycles. The van der Waals surface area contributed by atoms with Crippen LogP contribution >= 0.6 is 0 Å². The minimum atomic E-state index is -0.294. The zero-order valence-corrected chi connectivity index (χ0v) is 14.2. The summed E-state index contributed by atoms with van der Waals surface area (Å²) < 4.78 is 14.3. The molecule has 4 rings (SSSR count). The number of amides is 1. The summed E-state index contributed by atoms with van der Waals surface area (Å²) in [6.45, 7) is 5.74. The highest BCUT2D eigenvalue weighted by Gasteiger charge is 2.34. The van der Waals surface area contributed by atoms with Gasteiger partial charge in [-0.3, -0.25) is 14.2 Å². The van der Waals surface area contributed by atoms with Crippen molar-refractivity contribution >= 4 is 11.6 Å². The highest BCUT2D eigenvalue weighted by molar-refractivity contribution is 6.02. The van der Waals surface area contributed by atoms with E-state index in [1.165, 1.54) is 0 Å². The molecule has 2 aliphatic heterocycles. The standard InChI is InChI=1S/C16H22N6O3/c1-16(10-24-11-16)9-22-8-14(19-20-22)15(23)18-12-5-17-21(6-12)7-13-3-2-4-25-13/h5-6,8,13H,2-4,7,9-11H2,1H3,(H,18,23). The molecule has 1 amide bonds. The van der Waals surface area contributed by atoms with Crippen LogP contribution in [0.4, 0.5) is 5.69 Å². The first-order valence-corrected chi connectivity index (χ1v) is 8.53. The largest absolute Gasteiger partial charge is 0.380 e. The molecule has 9 nitrogen and oxygen atoms in total. The summed E-state index contributed by atoms with van der Waals surface area (Å²) in [6.07, 6.45) is 7.45. The SMILES string of the molecule is CC1(Cn2cc(C(=O)Nc3cnn(CC4CCCO4)c3)nn2)COC1. The van der Waals surface area contributed by atoms with Crippen LogP contribution < -0.4 is 5.32 Å². The van der Waals surface area contributed by atoms with Crippen molar-refractivity contribution in [1.29, 1.82) is 0 Å². The number of nitrogens with zero attached hydrogens (tertiary/aromatic N) is 5. The van der Waals surface area contributed by atoms with E-state index < -0.39 is 0 Å². The van der Waals surface area contributed by atoms with E-state index in [1.54, 1.807) is 28.0 Å². The maximum Gasteiger partial charge on any atom is 0.277 e. The van der Waals surface area contributed by atoms with Crippen molar-refractivity contribution in [2.24, 2.45) is 5.41 Å². The number of hydrogen-bond acceptors (Lipinski definition) is 6. The zero-order valence-electron chi connectivity index (χ0n) is 14.2. The quantitative estimate of drug-likeness (QED) is 0.836. The highest BCUT2D eigenvalue weighted by atomic mass is 16.5. The molecule has 1 atom stereocenters. The Hall–Kier alpha value is -2.26. The number of aromatic nitrogens is 5. The van der Waals surface area contributed by atoms with Gasteiger partial charge in [-0.2, -0.15) is 5.10 Å². The Kier molecular flexibility index (Phi) is 4.26. The number of rotatable bonds is 6. The van der Waals surface area contributed by atoms with Crippen molar-refractivity contribution in [2.45, 2.75) is 39.0 Å². The second-order valence-corrected chi connectivity index (χ2v) is 7.15. The molecule has 2 aromatic heterocycles. The van der Waals surface area contributed by atoms with Crippen LogP contribution in [0.3, 0.4) is 0 Å². The molecular formula is C16H22N6O3. The summed E-state index contributed by atoms with van der Waals surface area (Å²) >= 11 is 0. The van der Waals surface area contributed by atoms with E-state index in [-0.39, 0.29) is 23.1 Å². The average Bonchev–Trinajstić information content (AvgIpc) is 3.28. The summed E-state index contributed by atoms with van der Waals surface area (Å²) in [5, 5.41) is 15.1. The number of nitrogens with one attached hydrogen (secondary N) is 1. The first-order chi connectivity index (χ1) is 12.1. The molecule has 0 aromatic carbocycles. The van der Waals surface area contributed by atoms with Crippen LogP contribution in [0.25, 0.3) is 0 Å². The average molecular weight is 346 g/mol. The van der Waals surface area contributed by atoms with Crippen LogP contribution in [0.2, 0.25) is 0 Å². The summed E-state index contributed by atoms with van der Waals surface area (Å²) in [6, 6.07) is 0. The fourth-order valence-electron chi connectivity index (χ4n) is 3.13. The number of anilines is 1. The smallest absolute Gasteiger partial charge is 0.277 e. The Bertz CT molecular complexity index is 745. The Morgan fingerprint density at radius 1 is 1.40 bits per heavy atom. The maximum absolute atomic E-state index is 12.3. The third-order valence-corrected chi connectivity index (χ3v) is 4.52. The highest BCUT2D eigenvalue weighted by Crippen LogP contribution is 2.28. The fourth-order valence-corrected chi connectivity index (χ4v) is 3.13. The van der Waals surface area contributed by atoms with Gasteiger partial charge in [0.25, 0.3) is 5.91 Å². The van der Waals surface area contributed by atoms with E-state index in [2.05, 4.69) is 27.7 Å². The van der Waals surface area contributed by atoms with E-state index in [9.17, 15) is 4.79 Å². The van der Waals surface area contributed by atoms with Crippen molar-refractivity contribution in [2.75, 3.05) is 25.1 Å². The lowest BCUT2D eigenvalue weighted by Gasteiger charge is -2.37. The number of ether oxygens (including phenoxy) is 2. The molecule has 0 spiro atoms. The second-order valence-electron chi connectivity index (χ2n) is 7.15. The Morgan fingerprint density at radius 3 is 3.00 bits per heavy atom. The fraction of sp³-hybridized carbons (Fsp3) is 0.625. The lowest BCUT2D eigenvalue weighted by Crippen LogP contribution is -2.43. The summed E-state index contributed by atoms with van der Waals surface area (Å²) in [5.41, 5.74) is 0.998. The van der Waals surface area contributed by atoms with Gasteiger partial charge in [-0.05, 0) is 12.8 Å². The molecular weight excluding hydrogens is 324 g/mol. The Labute approximate surface area is 145 Å². The molecule has 2 saturated heterocycles. The van der Waals surface area contributed by atoms with Crippen molar-refractivity contribution in [3.63, 3.8) is 0 Å². The number of carbonyl (C=O) groups is 1. The summed E-state index contributed by atoms with van der Waals surface area (Å²) in [5.74, 6) is -0.294. The van der Waals surface area contributed by atoms with Gasteiger partial charge in [0.15, 0.2) is 5.69 Å². The molecule has 2 fully saturated rings. The van der Waals surface area contributed by atoms with Crippen LogP contribution in [0.1, 0.15) is 30.3 Å². The number of carbonyl (C=O) groups excluding carboxylic acids is 1. The van der Waals surface area contributed by atoms with E-state index in [0.29, 0.717) is 32.0 Å². The first kappa shape index (κ1) is 16.2. The van der Waals surface area contributed by atoms with Crippen LogP contribution in [-0.2, 0) is 22.6 Å².